The van der Waals surface area contributed by atoms with Crippen molar-refractivity contribution < 1.29 is 18.9 Å². The average molecular weight is 208 g/mol. The highest BCUT2D eigenvalue weighted by atomic mass is 31.2. The molecule has 13 heavy (non-hydrogen) atoms. The molecule has 0 amide bonds. The third-order valence-electron chi connectivity index (χ3n) is 2.62. The van der Waals surface area contributed by atoms with Gasteiger partial charge in [-0.15, -0.1) is 0 Å². The fraction of sp³-hybridized carbons (Fsp3) is 1.00. The maximum atomic E-state index is 10.6. The third kappa shape index (κ3) is 4.23. The molecule has 0 aromatic carbocycles. The van der Waals surface area contributed by atoms with Crippen LogP contribution in [0.2, 0.25) is 0 Å². The van der Waals surface area contributed by atoms with Gasteiger partial charge in [-0.1, -0.05) is 19.3 Å². The first-order valence-electron chi connectivity index (χ1n) is 4.73. The predicted octanol–water partition coefficient (Wildman–Crippen LogP) is 2.06. The maximum Gasteiger partial charge on any atom is 0.469 e. The van der Waals surface area contributed by atoms with E-state index in [9.17, 15) is 4.57 Å². The molecule has 1 rings (SSSR count). The second-order valence-electron chi connectivity index (χ2n) is 3.70. The lowest BCUT2D eigenvalue weighted by molar-refractivity contribution is 0.0840. The van der Waals surface area contributed by atoms with Crippen LogP contribution >= 0.6 is 7.82 Å². The third-order valence-corrected chi connectivity index (χ3v) is 3.22. The Balaban J connectivity index is 2.37. The molecular weight excluding hydrogens is 191 g/mol. The van der Waals surface area contributed by atoms with E-state index in [0.29, 0.717) is 5.92 Å². The van der Waals surface area contributed by atoms with Crippen LogP contribution in [0.15, 0.2) is 0 Å². The number of rotatable bonds is 3. The topological polar surface area (TPSA) is 66.8 Å². The first-order valence-corrected chi connectivity index (χ1v) is 6.26. The Kier molecular flexibility index (Phi) is 3.92. The summed E-state index contributed by atoms with van der Waals surface area (Å²) < 4.78 is 15.2. The molecule has 0 aliphatic heterocycles. The summed E-state index contributed by atoms with van der Waals surface area (Å²) >= 11 is 0. The van der Waals surface area contributed by atoms with Crippen LogP contribution in [0.5, 0.6) is 0 Å². The zero-order valence-electron chi connectivity index (χ0n) is 7.85. The minimum atomic E-state index is -4.29. The largest absolute Gasteiger partial charge is 0.469 e. The zero-order valence-corrected chi connectivity index (χ0v) is 8.74. The minimum Gasteiger partial charge on any atom is -0.303 e. The van der Waals surface area contributed by atoms with Gasteiger partial charge in [0.05, 0.1) is 6.10 Å². The quantitative estimate of drug-likeness (QED) is 0.696. The first-order chi connectivity index (χ1) is 5.99. The summed E-state index contributed by atoms with van der Waals surface area (Å²) in [7, 11) is -4.29. The van der Waals surface area contributed by atoms with Gasteiger partial charge in [0, 0.05) is 0 Å². The molecule has 0 aromatic rings. The molecule has 5 heteroatoms. The van der Waals surface area contributed by atoms with E-state index in [1.54, 1.807) is 6.92 Å². The lowest BCUT2D eigenvalue weighted by Gasteiger charge is -2.27. The molecule has 0 bridgehead atoms. The molecule has 1 unspecified atom stereocenters. The van der Waals surface area contributed by atoms with Gasteiger partial charge in [-0.05, 0) is 25.7 Å². The van der Waals surface area contributed by atoms with Gasteiger partial charge in [-0.25, -0.2) is 4.57 Å². The van der Waals surface area contributed by atoms with Crippen molar-refractivity contribution in [3.05, 3.63) is 0 Å². The van der Waals surface area contributed by atoms with Gasteiger partial charge in [-0.2, -0.15) is 0 Å². The Hall–Kier alpha value is 0.110. The van der Waals surface area contributed by atoms with Crippen LogP contribution < -0.4 is 0 Å². The summed E-state index contributed by atoms with van der Waals surface area (Å²) in [6.07, 6.45) is 5.28. The molecule has 0 heterocycles. The maximum absolute atomic E-state index is 10.6. The molecule has 1 atom stereocenters. The number of hydrogen-bond donors (Lipinski definition) is 2. The van der Waals surface area contributed by atoms with Crippen LogP contribution in [0.4, 0.5) is 0 Å². The van der Waals surface area contributed by atoms with Gasteiger partial charge in [0.25, 0.3) is 0 Å². The summed E-state index contributed by atoms with van der Waals surface area (Å²) in [5.74, 6) is 0.321. The van der Waals surface area contributed by atoms with Crippen LogP contribution in [0.3, 0.4) is 0 Å². The van der Waals surface area contributed by atoms with Crippen LogP contribution in [0.25, 0.3) is 0 Å². The average Bonchev–Trinajstić information content (AvgIpc) is 2.03. The number of phosphoric ester groups is 1. The van der Waals surface area contributed by atoms with Crippen molar-refractivity contribution in [1.29, 1.82) is 0 Å². The van der Waals surface area contributed by atoms with Crippen LogP contribution in [-0.4, -0.2) is 15.9 Å². The van der Waals surface area contributed by atoms with Crippen molar-refractivity contribution in [2.45, 2.75) is 45.1 Å². The van der Waals surface area contributed by atoms with E-state index in [-0.39, 0.29) is 6.10 Å². The molecule has 1 saturated carbocycles. The van der Waals surface area contributed by atoms with Gasteiger partial charge in [-0.3, -0.25) is 4.52 Å². The van der Waals surface area contributed by atoms with Crippen molar-refractivity contribution >= 4 is 7.82 Å². The first kappa shape index (κ1) is 11.2. The molecule has 0 spiro atoms. The summed E-state index contributed by atoms with van der Waals surface area (Å²) in [5, 5.41) is 0. The van der Waals surface area contributed by atoms with Gasteiger partial charge in [0.1, 0.15) is 0 Å². The molecule has 1 aliphatic rings. The van der Waals surface area contributed by atoms with Crippen LogP contribution in [0, 0.1) is 5.92 Å². The van der Waals surface area contributed by atoms with Crippen molar-refractivity contribution in [2.75, 3.05) is 0 Å². The number of phosphoric acid groups is 1. The van der Waals surface area contributed by atoms with E-state index in [4.69, 9.17) is 9.79 Å². The van der Waals surface area contributed by atoms with E-state index < -0.39 is 7.82 Å². The van der Waals surface area contributed by atoms with E-state index in [1.807, 2.05) is 0 Å². The van der Waals surface area contributed by atoms with Gasteiger partial charge in [0.15, 0.2) is 0 Å². The molecule has 2 N–H and O–H groups in total. The van der Waals surface area contributed by atoms with E-state index in [0.717, 1.165) is 25.7 Å². The minimum absolute atomic E-state index is 0.318. The Labute approximate surface area is 78.5 Å². The van der Waals surface area contributed by atoms with Crippen LogP contribution in [0.1, 0.15) is 39.0 Å². The van der Waals surface area contributed by atoms with E-state index >= 15 is 0 Å². The fourth-order valence-corrected chi connectivity index (χ4v) is 2.51. The normalized spacial score (nSPS) is 23.0. The molecule has 1 aliphatic carbocycles. The predicted molar refractivity (Wildman–Crippen MR) is 49.2 cm³/mol. The smallest absolute Gasteiger partial charge is 0.303 e. The SMILES string of the molecule is CC(OP(=O)(O)O)C1CCCCC1. The second kappa shape index (κ2) is 4.56. The molecular formula is C8H17O4P. The Morgan fingerprint density at radius 2 is 1.85 bits per heavy atom. The lowest BCUT2D eigenvalue weighted by Crippen LogP contribution is -2.22. The Bertz CT molecular complexity index is 194. The van der Waals surface area contributed by atoms with Crippen molar-refractivity contribution in [3.63, 3.8) is 0 Å². The second-order valence-corrected chi connectivity index (χ2v) is 4.89. The van der Waals surface area contributed by atoms with Crippen molar-refractivity contribution in [2.24, 2.45) is 5.92 Å². The fourth-order valence-electron chi connectivity index (χ4n) is 1.91. The van der Waals surface area contributed by atoms with Gasteiger partial charge in [0.2, 0.25) is 0 Å². The van der Waals surface area contributed by atoms with E-state index in [2.05, 4.69) is 4.52 Å². The summed E-state index contributed by atoms with van der Waals surface area (Å²) in [6, 6.07) is 0. The Morgan fingerprint density at radius 1 is 1.31 bits per heavy atom. The van der Waals surface area contributed by atoms with Crippen molar-refractivity contribution in [1.82, 2.24) is 0 Å². The summed E-state index contributed by atoms with van der Waals surface area (Å²) in [6.45, 7) is 1.75. The highest BCUT2D eigenvalue weighted by Crippen LogP contribution is 2.41. The Morgan fingerprint density at radius 3 is 2.31 bits per heavy atom. The van der Waals surface area contributed by atoms with Gasteiger partial charge < -0.3 is 9.79 Å². The van der Waals surface area contributed by atoms with Gasteiger partial charge >= 0.3 is 7.82 Å². The summed E-state index contributed by atoms with van der Waals surface area (Å²) in [5.41, 5.74) is 0. The summed E-state index contributed by atoms with van der Waals surface area (Å²) in [4.78, 5) is 17.2. The van der Waals surface area contributed by atoms with Crippen LogP contribution in [-0.2, 0) is 9.09 Å². The van der Waals surface area contributed by atoms with E-state index in [1.165, 1.54) is 6.42 Å². The lowest BCUT2D eigenvalue weighted by atomic mass is 9.86. The molecule has 0 saturated heterocycles. The highest BCUT2D eigenvalue weighted by molar-refractivity contribution is 7.46. The van der Waals surface area contributed by atoms with Crippen molar-refractivity contribution in [3.8, 4) is 0 Å². The molecule has 4 nitrogen and oxygen atoms in total. The molecule has 0 radical (unpaired) electrons. The zero-order chi connectivity index (χ0) is 9.90. The monoisotopic (exact) mass is 208 g/mol. The molecule has 0 aromatic heterocycles. The molecule has 78 valence electrons. The molecule has 1 fully saturated rings. The highest BCUT2D eigenvalue weighted by Gasteiger charge is 2.26. The number of hydrogen-bond acceptors (Lipinski definition) is 2. The standard InChI is InChI=1S/C8H17O4P/c1-7(12-13(9,10)11)8-5-3-2-4-6-8/h7-8H,2-6H2,1H3,(H2,9,10,11).